The molecule has 0 atom stereocenters. The van der Waals surface area contributed by atoms with Crippen molar-refractivity contribution in [3.8, 4) is 5.69 Å². The third-order valence-electron chi connectivity index (χ3n) is 4.21. The van der Waals surface area contributed by atoms with E-state index in [1.54, 1.807) is 0 Å². The number of para-hydroxylation sites is 1. The van der Waals surface area contributed by atoms with Gasteiger partial charge in [0.05, 0.1) is 5.69 Å². The summed E-state index contributed by atoms with van der Waals surface area (Å²) in [6.45, 7) is 2.27. The highest BCUT2D eigenvalue weighted by Crippen LogP contribution is 2.13. The van der Waals surface area contributed by atoms with E-state index in [2.05, 4.69) is 29.1 Å². The molecule has 23 heavy (non-hydrogen) atoms. The van der Waals surface area contributed by atoms with Crippen LogP contribution in [0.5, 0.6) is 0 Å². The molecule has 0 saturated heterocycles. The number of aromatic amines is 1. The summed E-state index contributed by atoms with van der Waals surface area (Å²) in [5.41, 5.74) is 1.10. The lowest BCUT2D eigenvalue weighted by molar-refractivity contribution is 0.560. The van der Waals surface area contributed by atoms with Gasteiger partial charge in [-0.2, -0.15) is 0 Å². The maximum atomic E-state index is 5.20. The van der Waals surface area contributed by atoms with Crippen LogP contribution in [0.15, 0.2) is 30.3 Å². The van der Waals surface area contributed by atoms with E-state index in [0.29, 0.717) is 4.77 Å². The largest absolute Gasteiger partial charge is 0.266 e. The van der Waals surface area contributed by atoms with E-state index in [1.165, 1.54) is 57.8 Å². The van der Waals surface area contributed by atoms with Gasteiger partial charge in [-0.25, -0.2) is 9.67 Å². The van der Waals surface area contributed by atoms with E-state index in [1.807, 2.05) is 22.9 Å². The molecule has 0 spiro atoms. The summed E-state index contributed by atoms with van der Waals surface area (Å²) in [7, 11) is 0. The Kier molecular flexibility index (Phi) is 8.08. The lowest BCUT2D eigenvalue weighted by atomic mass is 10.1. The number of benzene rings is 1. The van der Waals surface area contributed by atoms with Crippen molar-refractivity contribution in [2.45, 2.75) is 71.1 Å². The summed E-state index contributed by atoms with van der Waals surface area (Å²) in [4.78, 5) is 4.48. The Labute approximate surface area is 145 Å². The van der Waals surface area contributed by atoms with E-state index in [0.717, 1.165) is 17.9 Å². The zero-order valence-electron chi connectivity index (χ0n) is 14.3. The number of hydrogen-bond donors (Lipinski definition) is 1. The third-order valence-corrected chi connectivity index (χ3v) is 4.40. The van der Waals surface area contributed by atoms with Crippen LogP contribution in [0.2, 0.25) is 0 Å². The molecular formula is C19H29N3S. The van der Waals surface area contributed by atoms with Crippen molar-refractivity contribution in [2.24, 2.45) is 0 Å². The second kappa shape index (κ2) is 10.4. The van der Waals surface area contributed by atoms with E-state index in [9.17, 15) is 0 Å². The molecule has 3 nitrogen and oxygen atoms in total. The highest BCUT2D eigenvalue weighted by Gasteiger charge is 2.06. The third kappa shape index (κ3) is 6.30. The van der Waals surface area contributed by atoms with Crippen molar-refractivity contribution in [1.82, 2.24) is 14.8 Å². The average molecular weight is 332 g/mol. The molecule has 1 aromatic carbocycles. The molecule has 1 aromatic heterocycles. The molecular weight excluding hydrogens is 302 g/mol. The van der Waals surface area contributed by atoms with Crippen LogP contribution in [0.1, 0.15) is 70.5 Å². The fourth-order valence-corrected chi connectivity index (χ4v) is 3.10. The first kappa shape index (κ1) is 17.9. The van der Waals surface area contributed by atoms with Crippen LogP contribution in [0, 0.1) is 4.77 Å². The molecule has 2 rings (SSSR count). The number of unbranched alkanes of at least 4 members (excludes halogenated alkanes) is 8. The van der Waals surface area contributed by atoms with Crippen LogP contribution >= 0.6 is 12.2 Å². The summed E-state index contributed by atoms with van der Waals surface area (Å²) < 4.78 is 2.59. The number of H-pyrrole nitrogens is 1. The van der Waals surface area contributed by atoms with E-state index in [-0.39, 0.29) is 0 Å². The van der Waals surface area contributed by atoms with Gasteiger partial charge in [0.1, 0.15) is 5.82 Å². The fraction of sp³-hybridized carbons (Fsp3) is 0.579. The van der Waals surface area contributed by atoms with Crippen molar-refractivity contribution < 1.29 is 0 Å². The Balaban J connectivity index is 1.71. The molecule has 0 unspecified atom stereocenters. The molecule has 0 fully saturated rings. The molecule has 0 bridgehead atoms. The molecule has 2 aromatic rings. The molecule has 0 amide bonds. The lowest BCUT2D eigenvalue weighted by Gasteiger charge is -2.07. The molecule has 0 aliphatic rings. The van der Waals surface area contributed by atoms with Crippen LogP contribution in [0.3, 0.4) is 0 Å². The van der Waals surface area contributed by atoms with Crippen molar-refractivity contribution in [2.75, 3.05) is 0 Å². The van der Waals surface area contributed by atoms with Gasteiger partial charge in [0.25, 0.3) is 0 Å². The summed E-state index contributed by atoms with van der Waals surface area (Å²) in [5, 5.41) is 3.16. The van der Waals surface area contributed by atoms with Crippen molar-refractivity contribution in [1.29, 1.82) is 0 Å². The van der Waals surface area contributed by atoms with Gasteiger partial charge in [0.2, 0.25) is 4.77 Å². The minimum Gasteiger partial charge on any atom is -0.266 e. The standard InChI is InChI=1S/C19H29N3S/c1-2-3-4-5-6-7-8-9-13-16-18-20-19(23)21-22(18)17-14-11-10-12-15-17/h10-12,14-15H,2-9,13,16H2,1H3,(H,21,23). The van der Waals surface area contributed by atoms with E-state index >= 15 is 0 Å². The predicted molar refractivity (Wildman–Crippen MR) is 99.7 cm³/mol. The van der Waals surface area contributed by atoms with Gasteiger partial charge in [-0.1, -0.05) is 76.5 Å². The van der Waals surface area contributed by atoms with Gasteiger partial charge in [0, 0.05) is 6.42 Å². The quantitative estimate of drug-likeness (QED) is 0.404. The fourth-order valence-electron chi connectivity index (χ4n) is 2.90. The maximum Gasteiger partial charge on any atom is 0.213 e. The van der Waals surface area contributed by atoms with Gasteiger partial charge >= 0.3 is 0 Å². The molecule has 126 valence electrons. The second-order valence-corrected chi connectivity index (χ2v) is 6.58. The SMILES string of the molecule is CCCCCCCCCCCc1nc(=S)[nH]n1-c1ccccc1. The average Bonchev–Trinajstić information content (AvgIpc) is 2.95. The highest BCUT2D eigenvalue weighted by atomic mass is 32.1. The lowest BCUT2D eigenvalue weighted by Crippen LogP contribution is -2.03. The number of rotatable bonds is 11. The maximum absolute atomic E-state index is 5.20. The van der Waals surface area contributed by atoms with Crippen molar-refractivity contribution >= 4 is 12.2 Å². The first-order chi connectivity index (χ1) is 11.3. The number of nitrogens with one attached hydrogen (secondary N) is 1. The van der Waals surface area contributed by atoms with Crippen LogP contribution in [-0.4, -0.2) is 14.8 Å². The van der Waals surface area contributed by atoms with Gasteiger partial charge in [-0.05, 0) is 30.8 Å². The Bertz CT molecular complexity index is 601. The summed E-state index contributed by atoms with van der Waals surface area (Å²) in [5.74, 6) is 1.05. The monoisotopic (exact) mass is 331 g/mol. The molecule has 1 N–H and O–H groups in total. The smallest absolute Gasteiger partial charge is 0.213 e. The number of nitrogens with zero attached hydrogens (tertiary/aromatic N) is 2. The first-order valence-corrected chi connectivity index (χ1v) is 9.45. The van der Waals surface area contributed by atoms with Crippen LogP contribution in [-0.2, 0) is 6.42 Å². The van der Waals surface area contributed by atoms with E-state index < -0.39 is 0 Å². The van der Waals surface area contributed by atoms with Crippen LogP contribution in [0.4, 0.5) is 0 Å². The first-order valence-electron chi connectivity index (χ1n) is 9.04. The van der Waals surface area contributed by atoms with Crippen molar-refractivity contribution in [3.63, 3.8) is 0 Å². The number of aromatic nitrogens is 3. The van der Waals surface area contributed by atoms with Gasteiger partial charge in [-0.3, -0.25) is 5.10 Å². The Hall–Kier alpha value is -1.42. The van der Waals surface area contributed by atoms with E-state index in [4.69, 9.17) is 12.2 Å². The Morgan fingerprint density at radius 1 is 0.913 bits per heavy atom. The van der Waals surface area contributed by atoms with Crippen molar-refractivity contribution in [3.05, 3.63) is 40.9 Å². The zero-order chi connectivity index (χ0) is 16.3. The van der Waals surface area contributed by atoms with Crippen LogP contribution < -0.4 is 0 Å². The van der Waals surface area contributed by atoms with Gasteiger partial charge in [-0.15, -0.1) is 0 Å². The predicted octanol–water partition coefficient (Wildman–Crippen LogP) is 6.00. The topological polar surface area (TPSA) is 33.6 Å². The molecule has 1 heterocycles. The Morgan fingerprint density at radius 3 is 2.17 bits per heavy atom. The van der Waals surface area contributed by atoms with Gasteiger partial charge in [0.15, 0.2) is 0 Å². The summed E-state index contributed by atoms with van der Waals surface area (Å²) in [6, 6.07) is 10.2. The normalized spacial score (nSPS) is 11.0. The summed E-state index contributed by atoms with van der Waals surface area (Å²) in [6.07, 6.45) is 13.1. The zero-order valence-corrected chi connectivity index (χ0v) is 15.1. The molecule has 0 aliphatic heterocycles. The minimum atomic E-state index is 0.569. The minimum absolute atomic E-state index is 0.569. The van der Waals surface area contributed by atoms with Gasteiger partial charge < -0.3 is 0 Å². The summed E-state index contributed by atoms with van der Waals surface area (Å²) >= 11 is 5.20. The molecule has 0 aliphatic carbocycles. The second-order valence-electron chi connectivity index (χ2n) is 6.19. The molecule has 4 heteroatoms. The Morgan fingerprint density at radius 2 is 1.52 bits per heavy atom. The number of hydrogen-bond acceptors (Lipinski definition) is 2. The highest BCUT2D eigenvalue weighted by molar-refractivity contribution is 7.71. The molecule has 0 saturated carbocycles. The molecule has 0 radical (unpaired) electrons. The number of aryl methyl sites for hydroxylation is 1. The van der Waals surface area contributed by atoms with Crippen LogP contribution in [0.25, 0.3) is 5.69 Å².